The number of hydrogen-bond donors (Lipinski definition) is 5. The normalized spacial score (nSPS) is 14.9. The molecule has 2 rings (SSSR count). The third-order valence-electron chi connectivity index (χ3n) is 7.04. The van der Waals surface area contributed by atoms with E-state index < -0.39 is 29.8 Å². The Hall–Kier alpha value is -3.76. The number of rotatable bonds is 19. The Morgan fingerprint density at radius 1 is 0.850 bits per heavy atom. The molecule has 0 aliphatic heterocycles. The highest BCUT2D eigenvalue weighted by Crippen LogP contribution is 2.34. The van der Waals surface area contributed by atoms with Crippen molar-refractivity contribution in [2.45, 2.75) is 76.5 Å². The van der Waals surface area contributed by atoms with E-state index in [1.807, 2.05) is 60.7 Å². The molecule has 0 aromatic heterocycles. The van der Waals surface area contributed by atoms with Gasteiger partial charge in [0.2, 0.25) is 0 Å². The summed E-state index contributed by atoms with van der Waals surface area (Å²) in [6.07, 6.45) is 3.34. The van der Waals surface area contributed by atoms with Gasteiger partial charge in [0.25, 0.3) is 0 Å². The van der Waals surface area contributed by atoms with E-state index in [-0.39, 0.29) is 12.5 Å². The summed E-state index contributed by atoms with van der Waals surface area (Å²) in [6, 6.07) is 17.7. The van der Waals surface area contributed by atoms with Crippen LogP contribution in [0.15, 0.2) is 60.7 Å². The molecule has 0 saturated heterocycles. The molecule has 0 spiro atoms. The lowest BCUT2D eigenvalue weighted by atomic mass is 9.78. The van der Waals surface area contributed by atoms with E-state index in [9.17, 15) is 29.4 Å². The number of hydrazine groups is 1. The maximum Gasteiger partial charge on any atom is 0.419 e. The van der Waals surface area contributed by atoms with E-state index in [2.05, 4.69) is 16.1 Å². The van der Waals surface area contributed by atoms with Crippen molar-refractivity contribution < 1.29 is 29.4 Å². The third kappa shape index (κ3) is 10.4. The van der Waals surface area contributed by atoms with Crippen molar-refractivity contribution in [3.8, 4) is 0 Å². The zero-order valence-corrected chi connectivity index (χ0v) is 23.3. The Morgan fingerprint density at radius 3 is 2.00 bits per heavy atom. The molecule has 2 amide bonds. The van der Waals surface area contributed by atoms with Gasteiger partial charge in [0.15, 0.2) is 0 Å². The number of carboxylic acid groups (broad SMARTS) is 2. The van der Waals surface area contributed by atoms with Gasteiger partial charge < -0.3 is 30.4 Å². The highest BCUT2D eigenvalue weighted by atomic mass is 16.4. The number of carbonyl (C=O) groups excluding carboxylic acids is 2. The highest BCUT2D eigenvalue weighted by molar-refractivity contribution is 5.68. The second kappa shape index (κ2) is 17.0. The average Bonchev–Trinajstić information content (AvgIpc) is 2.94. The molecular formula is C30H42N4O6. The summed E-state index contributed by atoms with van der Waals surface area (Å²) in [5.41, 5.74) is 2.63. The number of aldehydes is 2. The van der Waals surface area contributed by atoms with E-state index in [0.717, 1.165) is 49.6 Å². The Kier molecular flexibility index (Phi) is 13.8. The fourth-order valence-electron chi connectivity index (χ4n) is 5.11. The molecule has 2 aromatic rings. The van der Waals surface area contributed by atoms with Crippen LogP contribution in [-0.4, -0.2) is 64.3 Å². The highest BCUT2D eigenvalue weighted by Gasteiger charge is 2.48. The predicted molar refractivity (Wildman–Crippen MR) is 153 cm³/mol. The Labute approximate surface area is 236 Å². The van der Waals surface area contributed by atoms with E-state index in [1.165, 1.54) is 5.01 Å². The maximum atomic E-state index is 12.4. The summed E-state index contributed by atoms with van der Waals surface area (Å²) in [6.45, 7) is 4.07. The van der Waals surface area contributed by atoms with E-state index in [4.69, 9.17) is 0 Å². The van der Waals surface area contributed by atoms with Gasteiger partial charge in [0.05, 0.1) is 12.1 Å². The van der Waals surface area contributed by atoms with Gasteiger partial charge in [0, 0.05) is 12.3 Å². The van der Waals surface area contributed by atoms with Crippen LogP contribution >= 0.6 is 0 Å². The van der Waals surface area contributed by atoms with Crippen LogP contribution in [0.5, 0.6) is 0 Å². The standard InChI is InChI=1S/C30H42N4O6/c1-23(21-35)31-18-12-4-3-11-17-27(19-25-13-7-5-8-14-25)30(32-28(37)38,20-26-15-9-6-10-16-26)34(24(2)22-36)33-29(39)40/h5-10,13-16,21-24,27,31-33H,3-4,11-12,17-20H2,1-2H3,(H,37,38)(H,39,40)/t23?,24-,27-,30?/m0/s1. The van der Waals surface area contributed by atoms with Crippen LogP contribution in [0.3, 0.4) is 0 Å². The van der Waals surface area contributed by atoms with Crippen LogP contribution in [0.4, 0.5) is 9.59 Å². The lowest BCUT2D eigenvalue weighted by molar-refractivity contribution is -0.121. The molecule has 0 aliphatic rings. The zero-order valence-electron chi connectivity index (χ0n) is 23.3. The topological polar surface area (TPSA) is 148 Å². The van der Waals surface area contributed by atoms with Gasteiger partial charge in [-0.3, -0.25) is 5.43 Å². The van der Waals surface area contributed by atoms with Crippen LogP contribution in [0.2, 0.25) is 0 Å². The fraction of sp³-hybridized carbons (Fsp3) is 0.467. The number of amides is 2. The molecule has 2 unspecified atom stereocenters. The molecule has 0 heterocycles. The van der Waals surface area contributed by atoms with Crippen molar-refractivity contribution in [3.05, 3.63) is 71.8 Å². The summed E-state index contributed by atoms with van der Waals surface area (Å²) < 4.78 is 0. The molecule has 10 heteroatoms. The molecule has 0 fully saturated rings. The van der Waals surface area contributed by atoms with Crippen molar-refractivity contribution in [3.63, 3.8) is 0 Å². The molecule has 2 aromatic carbocycles. The van der Waals surface area contributed by atoms with Gasteiger partial charge >= 0.3 is 12.2 Å². The number of nitrogens with zero attached hydrogens (tertiary/aromatic N) is 1. The van der Waals surface area contributed by atoms with Crippen LogP contribution in [-0.2, 0) is 22.4 Å². The minimum absolute atomic E-state index is 0.129. The first-order valence-corrected chi connectivity index (χ1v) is 13.7. The van der Waals surface area contributed by atoms with Gasteiger partial charge in [-0.1, -0.05) is 79.9 Å². The van der Waals surface area contributed by atoms with Gasteiger partial charge in [-0.15, -0.1) is 0 Å². The lowest BCUT2D eigenvalue weighted by Crippen LogP contribution is -2.72. The maximum absolute atomic E-state index is 12.4. The van der Waals surface area contributed by atoms with Crippen LogP contribution < -0.4 is 16.1 Å². The zero-order chi connectivity index (χ0) is 29.4. The molecule has 0 bridgehead atoms. The van der Waals surface area contributed by atoms with Gasteiger partial charge in [-0.05, 0) is 50.8 Å². The molecule has 40 heavy (non-hydrogen) atoms. The number of benzene rings is 2. The van der Waals surface area contributed by atoms with Gasteiger partial charge in [-0.2, -0.15) is 5.01 Å². The fourth-order valence-corrected chi connectivity index (χ4v) is 5.11. The molecule has 5 N–H and O–H groups in total. The summed E-state index contributed by atoms with van der Waals surface area (Å²) >= 11 is 0. The molecule has 0 saturated carbocycles. The molecule has 218 valence electrons. The molecular weight excluding hydrogens is 512 g/mol. The smallest absolute Gasteiger partial charge is 0.419 e. The Morgan fingerprint density at radius 2 is 1.45 bits per heavy atom. The Balaban J connectivity index is 2.48. The second-order valence-corrected chi connectivity index (χ2v) is 10.1. The van der Waals surface area contributed by atoms with Crippen molar-refractivity contribution >= 4 is 24.8 Å². The minimum atomic E-state index is -1.48. The molecule has 0 radical (unpaired) electrons. The van der Waals surface area contributed by atoms with Crippen molar-refractivity contribution in [1.29, 1.82) is 0 Å². The predicted octanol–water partition coefficient (Wildman–Crippen LogP) is 4.25. The average molecular weight is 555 g/mol. The molecule has 10 nitrogen and oxygen atoms in total. The SMILES string of the molecule is CC(C=O)NCCCCCC[C@@H](Cc1ccccc1)C(Cc1ccccc1)(NC(=O)O)N(NC(=O)O)[C@@H](C)C=O. The van der Waals surface area contributed by atoms with Crippen LogP contribution in [0.25, 0.3) is 0 Å². The first-order valence-electron chi connectivity index (χ1n) is 13.7. The van der Waals surface area contributed by atoms with E-state index in [1.54, 1.807) is 13.8 Å². The first-order chi connectivity index (χ1) is 19.2. The lowest BCUT2D eigenvalue weighted by Gasteiger charge is -2.49. The number of unbranched alkanes of at least 4 members (excludes halogenated alkanes) is 3. The summed E-state index contributed by atoms with van der Waals surface area (Å²) in [7, 11) is 0. The van der Waals surface area contributed by atoms with Gasteiger partial charge in [0.1, 0.15) is 18.2 Å². The second-order valence-electron chi connectivity index (χ2n) is 10.1. The number of carbonyl (C=O) groups is 4. The van der Waals surface area contributed by atoms with Crippen molar-refractivity contribution in [1.82, 2.24) is 21.1 Å². The summed E-state index contributed by atoms with van der Waals surface area (Å²) in [5.74, 6) is -0.409. The Bertz CT molecular complexity index is 1050. The summed E-state index contributed by atoms with van der Waals surface area (Å²) in [4.78, 5) is 47.2. The number of nitrogens with one attached hydrogen (secondary N) is 3. The van der Waals surface area contributed by atoms with Crippen molar-refractivity contribution in [2.24, 2.45) is 5.92 Å². The first kappa shape index (κ1) is 32.5. The number of hydrogen-bond acceptors (Lipinski definition) is 6. The van der Waals surface area contributed by atoms with Crippen molar-refractivity contribution in [2.75, 3.05) is 6.54 Å². The van der Waals surface area contributed by atoms with Gasteiger partial charge in [-0.25, -0.2) is 9.59 Å². The van der Waals surface area contributed by atoms with Crippen LogP contribution in [0, 0.1) is 5.92 Å². The third-order valence-corrected chi connectivity index (χ3v) is 7.04. The summed E-state index contributed by atoms with van der Waals surface area (Å²) in [5, 5.41) is 26.9. The molecule has 4 atom stereocenters. The quantitative estimate of drug-likeness (QED) is 0.0749. The monoisotopic (exact) mass is 554 g/mol. The molecule has 0 aliphatic carbocycles. The largest absolute Gasteiger partial charge is 0.465 e. The van der Waals surface area contributed by atoms with E-state index >= 15 is 0 Å². The minimum Gasteiger partial charge on any atom is -0.465 e. The van der Waals surface area contributed by atoms with Crippen LogP contribution in [0.1, 0.15) is 57.1 Å². The van der Waals surface area contributed by atoms with E-state index in [0.29, 0.717) is 19.1 Å².